The minimum absolute atomic E-state index is 0.734. The maximum Gasteiger partial charge on any atom is 0.0314 e. The van der Waals surface area contributed by atoms with Gasteiger partial charge in [0, 0.05) is 11.7 Å². The largest absolute Gasteiger partial charge is 0.399 e. The van der Waals surface area contributed by atoms with E-state index in [9.17, 15) is 0 Å². The molecule has 1 aromatic carbocycles. The van der Waals surface area contributed by atoms with Gasteiger partial charge in [-0.1, -0.05) is 31.9 Å². The summed E-state index contributed by atoms with van der Waals surface area (Å²) in [5, 5.41) is 3.70. The molecule has 17 heavy (non-hydrogen) atoms. The maximum atomic E-state index is 5.67. The van der Waals surface area contributed by atoms with Gasteiger partial charge in [-0.2, -0.15) is 0 Å². The summed E-state index contributed by atoms with van der Waals surface area (Å²) in [6.45, 7) is 3.46. The second-order valence-electron chi connectivity index (χ2n) is 5.31. The second kappa shape index (κ2) is 6.06. The van der Waals surface area contributed by atoms with Crippen LogP contribution in [0.4, 0.5) is 5.69 Å². The van der Waals surface area contributed by atoms with E-state index in [-0.39, 0.29) is 0 Å². The van der Waals surface area contributed by atoms with Crippen molar-refractivity contribution in [1.29, 1.82) is 0 Å². The highest BCUT2D eigenvalue weighted by molar-refractivity contribution is 5.39. The van der Waals surface area contributed by atoms with E-state index in [1.165, 1.54) is 31.2 Å². The van der Waals surface area contributed by atoms with Gasteiger partial charge in [-0.25, -0.2) is 0 Å². The molecule has 0 saturated heterocycles. The van der Waals surface area contributed by atoms with Crippen molar-refractivity contribution in [2.75, 3.05) is 12.3 Å². The summed E-state index contributed by atoms with van der Waals surface area (Å²) in [6, 6.07) is 8.96. The Morgan fingerprint density at radius 3 is 2.59 bits per heavy atom. The summed E-state index contributed by atoms with van der Waals surface area (Å²) in [4.78, 5) is 0. The van der Waals surface area contributed by atoms with Crippen LogP contribution in [0.5, 0.6) is 0 Å². The normalized spacial score (nSPS) is 24.8. The van der Waals surface area contributed by atoms with Gasteiger partial charge in [-0.05, 0) is 49.4 Å². The lowest BCUT2D eigenvalue weighted by molar-refractivity contribution is 0.282. The summed E-state index contributed by atoms with van der Waals surface area (Å²) < 4.78 is 0. The van der Waals surface area contributed by atoms with Crippen molar-refractivity contribution in [3.8, 4) is 0 Å². The molecule has 0 amide bonds. The quantitative estimate of drug-likeness (QED) is 0.783. The third-order valence-electron chi connectivity index (χ3n) is 3.91. The van der Waals surface area contributed by atoms with Gasteiger partial charge < -0.3 is 11.1 Å². The van der Waals surface area contributed by atoms with Gasteiger partial charge in [-0.15, -0.1) is 0 Å². The highest BCUT2D eigenvalue weighted by Crippen LogP contribution is 2.23. The zero-order chi connectivity index (χ0) is 12.1. The molecule has 0 spiro atoms. The Hall–Kier alpha value is -1.02. The van der Waals surface area contributed by atoms with Crippen LogP contribution in [-0.2, 0) is 6.42 Å². The Bertz CT molecular complexity index is 331. The van der Waals surface area contributed by atoms with Crippen LogP contribution < -0.4 is 11.1 Å². The topological polar surface area (TPSA) is 38.0 Å². The van der Waals surface area contributed by atoms with Crippen LogP contribution in [0.15, 0.2) is 24.3 Å². The number of rotatable bonds is 4. The van der Waals surface area contributed by atoms with Crippen LogP contribution in [0.3, 0.4) is 0 Å². The van der Waals surface area contributed by atoms with E-state index in [0.717, 1.165) is 30.6 Å². The molecule has 2 nitrogen and oxygen atoms in total. The molecule has 1 aliphatic rings. The fourth-order valence-corrected chi connectivity index (χ4v) is 2.71. The van der Waals surface area contributed by atoms with Gasteiger partial charge in [0.1, 0.15) is 0 Å². The Kier molecular flexibility index (Phi) is 4.43. The van der Waals surface area contributed by atoms with Crippen molar-refractivity contribution in [2.45, 2.75) is 45.1 Å². The van der Waals surface area contributed by atoms with Crippen LogP contribution in [-0.4, -0.2) is 12.6 Å². The van der Waals surface area contributed by atoms with Crippen molar-refractivity contribution in [3.63, 3.8) is 0 Å². The van der Waals surface area contributed by atoms with Gasteiger partial charge in [0.15, 0.2) is 0 Å². The average Bonchev–Trinajstić information content (AvgIpc) is 2.34. The summed E-state index contributed by atoms with van der Waals surface area (Å²) in [5.41, 5.74) is 7.89. The first-order valence-electron chi connectivity index (χ1n) is 6.83. The van der Waals surface area contributed by atoms with Gasteiger partial charge in [-0.3, -0.25) is 0 Å². The zero-order valence-corrected chi connectivity index (χ0v) is 10.8. The second-order valence-corrected chi connectivity index (χ2v) is 5.31. The van der Waals surface area contributed by atoms with Crippen LogP contribution in [0.1, 0.15) is 38.2 Å². The molecule has 1 fully saturated rings. The van der Waals surface area contributed by atoms with Crippen LogP contribution in [0.2, 0.25) is 0 Å². The first-order valence-corrected chi connectivity index (χ1v) is 6.83. The molecule has 3 N–H and O–H groups in total. The van der Waals surface area contributed by atoms with Gasteiger partial charge >= 0.3 is 0 Å². The Labute approximate surface area is 105 Å². The molecule has 2 atom stereocenters. The van der Waals surface area contributed by atoms with Crippen molar-refractivity contribution >= 4 is 5.69 Å². The molecule has 2 rings (SSSR count). The van der Waals surface area contributed by atoms with Gasteiger partial charge in [0.05, 0.1) is 0 Å². The predicted molar refractivity (Wildman–Crippen MR) is 74.0 cm³/mol. The SMILES string of the molecule is CC1CCCCC1NCCc1ccc(N)cc1. The maximum absolute atomic E-state index is 5.67. The number of nitrogens with one attached hydrogen (secondary N) is 1. The average molecular weight is 232 g/mol. The van der Waals surface area contributed by atoms with Crippen LogP contribution >= 0.6 is 0 Å². The molecule has 0 radical (unpaired) electrons. The van der Waals surface area contributed by atoms with Crippen molar-refractivity contribution in [2.24, 2.45) is 5.92 Å². The number of hydrogen-bond donors (Lipinski definition) is 2. The summed E-state index contributed by atoms with van der Waals surface area (Å²) in [5.74, 6) is 0.843. The minimum atomic E-state index is 0.734. The highest BCUT2D eigenvalue weighted by Gasteiger charge is 2.19. The zero-order valence-electron chi connectivity index (χ0n) is 10.8. The molecule has 1 saturated carbocycles. The van der Waals surface area contributed by atoms with E-state index in [4.69, 9.17) is 5.73 Å². The van der Waals surface area contributed by atoms with E-state index >= 15 is 0 Å². The van der Waals surface area contributed by atoms with Crippen molar-refractivity contribution in [1.82, 2.24) is 5.32 Å². The molecular weight excluding hydrogens is 208 g/mol. The minimum Gasteiger partial charge on any atom is -0.399 e. The standard InChI is InChI=1S/C15H24N2/c1-12-4-2-3-5-15(12)17-11-10-13-6-8-14(16)9-7-13/h6-9,12,15,17H,2-5,10-11,16H2,1H3. The third kappa shape index (κ3) is 3.74. The number of nitrogen functional groups attached to an aromatic ring is 1. The van der Waals surface area contributed by atoms with E-state index in [2.05, 4.69) is 24.4 Å². The molecule has 2 heteroatoms. The molecule has 0 bridgehead atoms. The first-order chi connectivity index (χ1) is 8.25. The Morgan fingerprint density at radius 2 is 1.88 bits per heavy atom. The molecule has 1 aliphatic carbocycles. The summed E-state index contributed by atoms with van der Waals surface area (Å²) in [7, 11) is 0. The van der Waals surface area contributed by atoms with Gasteiger partial charge in [0.25, 0.3) is 0 Å². The van der Waals surface area contributed by atoms with E-state index in [1.807, 2.05) is 12.1 Å². The fourth-order valence-electron chi connectivity index (χ4n) is 2.71. The highest BCUT2D eigenvalue weighted by atomic mass is 14.9. The smallest absolute Gasteiger partial charge is 0.0314 e. The summed E-state index contributed by atoms with van der Waals surface area (Å²) in [6.07, 6.45) is 6.65. The van der Waals surface area contributed by atoms with Crippen LogP contribution in [0.25, 0.3) is 0 Å². The number of hydrogen-bond acceptors (Lipinski definition) is 2. The summed E-state index contributed by atoms with van der Waals surface area (Å²) >= 11 is 0. The van der Waals surface area contributed by atoms with E-state index < -0.39 is 0 Å². The van der Waals surface area contributed by atoms with Gasteiger partial charge in [0.2, 0.25) is 0 Å². The predicted octanol–water partition coefficient (Wildman–Crippen LogP) is 2.98. The molecule has 94 valence electrons. The van der Waals surface area contributed by atoms with E-state index in [1.54, 1.807) is 0 Å². The van der Waals surface area contributed by atoms with E-state index in [0.29, 0.717) is 0 Å². The monoisotopic (exact) mass is 232 g/mol. The van der Waals surface area contributed by atoms with Crippen molar-refractivity contribution < 1.29 is 0 Å². The molecule has 1 aromatic rings. The molecule has 0 aromatic heterocycles. The number of benzene rings is 1. The Balaban J connectivity index is 1.73. The number of anilines is 1. The Morgan fingerprint density at radius 1 is 1.18 bits per heavy atom. The van der Waals surface area contributed by atoms with Crippen molar-refractivity contribution in [3.05, 3.63) is 29.8 Å². The third-order valence-corrected chi connectivity index (χ3v) is 3.91. The number of nitrogens with two attached hydrogens (primary N) is 1. The molecule has 0 aliphatic heterocycles. The fraction of sp³-hybridized carbons (Fsp3) is 0.600. The lowest BCUT2D eigenvalue weighted by atomic mass is 9.86. The lowest BCUT2D eigenvalue weighted by Gasteiger charge is -2.29. The van der Waals surface area contributed by atoms with Crippen LogP contribution in [0, 0.1) is 5.92 Å². The lowest BCUT2D eigenvalue weighted by Crippen LogP contribution is -2.38. The first kappa shape index (κ1) is 12.4. The molecule has 2 unspecified atom stereocenters. The molecule has 0 heterocycles. The molecular formula is C15H24N2.